The predicted octanol–water partition coefficient (Wildman–Crippen LogP) is 3.82. The molecule has 21 heavy (non-hydrogen) atoms. The zero-order valence-electron chi connectivity index (χ0n) is 13.0. The molecule has 4 heteroatoms. The van der Waals surface area contributed by atoms with Gasteiger partial charge in [0, 0.05) is 11.0 Å². The maximum atomic E-state index is 12.2. The normalized spacial score (nSPS) is 20.0. The van der Waals surface area contributed by atoms with E-state index in [0.717, 1.165) is 35.7 Å². The van der Waals surface area contributed by atoms with E-state index in [2.05, 4.69) is 35.1 Å². The molecule has 2 rings (SSSR count). The Labute approximate surface area is 135 Å². The van der Waals surface area contributed by atoms with Crippen LogP contribution in [0.3, 0.4) is 0 Å². The quantitative estimate of drug-likeness (QED) is 0.867. The van der Waals surface area contributed by atoms with Gasteiger partial charge < -0.3 is 10.4 Å². The summed E-state index contributed by atoms with van der Waals surface area (Å²) in [5.41, 5.74) is 1.25. The van der Waals surface area contributed by atoms with Crippen LogP contribution < -0.4 is 5.32 Å². The van der Waals surface area contributed by atoms with Crippen molar-refractivity contribution in [3.05, 3.63) is 33.8 Å². The van der Waals surface area contributed by atoms with E-state index < -0.39 is 5.60 Å². The molecule has 0 bridgehead atoms. The lowest BCUT2D eigenvalue weighted by Crippen LogP contribution is -2.46. The number of aryl methyl sites for hydroxylation is 1. The Balaban J connectivity index is 1.95. The van der Waals surface area contributed by atoms with Gasteiger partial charge in [-0.25, -0.2) is 0 Å². The molecule has 0 aliphatic heterocycles. The van der Waals surface area contributed by atoms with Crippen molar-refractivity contribution >= 4 is 21.8 Å². The molecule has 0 aromatic heterocycles. The highest BCUT2D eigenvalue weighted by atomic mass is 79.9. The number of carbonyl (C=O) groups is 1. The maximum Gasteiger partial charge on any atom is 0.252 e. The lowest BCUT2D eigenvalue weighted by Gasteiger charge is -2.40. The fourth-order valence-corrected chi connectivity index (χ4v) is 3.39. The van der Waals surface area contributed by atoms with Gasteiger partial charge >= 0.3 is 0 Å². The van der Waals surface area contributed by atoms with Crippen LogP contribution in [0.25, 0.3) is 0 Å². The molecule has 1 fully saturated rings. The number of hydrogen-bond acceptors (Lipinski definition) is 2. The zero-order valence-corrected chi connectivity index (χ0v) is 14.6. The number of benzene rings is 1. The van der Waals surface area contributed by atoms with Crippen LogP contribution in [0.5, 0.6) is 0 Å². The van der Waals surface area contributed by atoms with Crippen molar-refractivity contribution in [2.75, 3.05) is 6.54 Å². The van der Waals surface area contributed by atoms with Crippen molar-refractivity contribution in [2.45, 2.75) is 52.1 Å². The van der Waals surface area contributed by atoms with E-state index in [-0.39, 0.29) is 5.91 Å². The molecule has 0 radical (unpaired) electrons. The van der Waals surface area contributed by atoms with Crippen LogP contribution in [-0.4, -0.2) is 23.2 Å². The standard InChI is InChI=1S/C17H24BrNO2/c1-12-4-5-13(14(18)10-12)15(20)19-11-17(21)8-6-16(2,3)7-9-17/h4-5,10,21H,6-9,11H2,1-3H3,(H,19,20). The molecule has 1 amide bonds. The summed E-state index contributed by atoms with van der Waals surface area (Å²) in [7, 11) is 0. The Morgan fingerprint density at radius 3 is 2.48 bits per heavy atom. The van der Waals surface area contributed by atoms with Gasteiger partial charge in [0.05, 0.1) is 11.2 Å². The molecule has 1 aromatic carbocycles. The fourth-order valence-electron chi connectivity index (χ4n) is 2.71. The molecular formula is C17H24BrNO2. The molecule has 0 heterocycles. The van der Waals surface area contributed by atoms with E-state index in [1.807, 2.05) is 25.1 Å². The first kappa shape index (κ1) is 16.5. The van der Waals surface area contributed by atoms with Crippen molar-refractivity contribution in [1.29, 1.82) is 0 Å². The van der Waals surface area contributed by atoms with Crippen LogP contribution >= 0.6 is 15.9 Å². The molecule has 0 saturated heterocycles. The highest BCUT2D eigenvalue weighted by Gasteiger charge is 2.36. The fraction of sp³-hybridized carbons (Fsp3) is 0.588. The van der Waals surface area contributed by atoms with E-state index in [9.17, 15) is 9.90 Å². The second-order valence-electron chi connectivity index (χ2n) is 7.05. The molecule has 116 valence electrons. The van der Waals surface area contributed by atoms with Crippen LogP contribution in [0.1, 0.15) is 55.5 Å². The largest absolute Gasteiger partial charge is 0.388 e. The molecule has 3 nitrogen and oxygen atoms in total. The molecule has 0 unspecified atom stereocenters. The first-order chi connectivity index (χ1) is 9.71. The summed E-state index contributed by atoms with van der Waals surface area (Å²) in [4.78, 5) is 12.2. The molecular weight excluding hydrogens is 330 g/mol. The number of amides is 1. The number of halogens is 1. The summed E-state index contributed by atoms with van der Waals surface area (Å²) >= 11 is 3.42. The van der Waals surface area contributed by atoms with Crippen LogP contribution in [0.2, 0.25) is 0 Å². The van der Waals surface area contributed by atoms with E-state index >= 15 is 0 Å². The van der Waals surface area contributed by atoms with Gasteiger partial charge in [0.15, 0.2) is 0 Å². The van der Waals surface area contributed by atoms with Gasteiger partial charge in [-0.15, -0.1) is 0 Å². The second kappa shape index (κ2) is 6.09. The first-order valence-corrected chi connectivity index (χ1v) is 8.27. The Morgan fingerprint density at radius 2 is 1.90 bits per heavy atom. The van der Waals surface area contributed by atoms with E-state index in [1.165, 1.54) is 0 Å². The Hall–Kier alpha value is -0.870. The minimum atomic E-state index is -0.762. The topological polar surface area (TPSA) is 49.3 Å². The zero-order chi connectivity index (χ0) is 15.7. The minimum absolute atomic E-state index is 0.139. The van der Waals surface area contributed by atoms with E-state index in [0.29, 0.717) is 17.5 Å². The third-order valence-corrected chi connectivity index (χ3v) is 5.14. The second-order valence-corrected chi connectivity index (χ2v) is 7.91. The van der Waals surface area contributed by atoms with Crippen molar-refractivity contribution in [3.63, 3.8) is 0 Å². The van der Waals surface area contributed by atoms with Crippen LogP contribution in [0, 0.1) is 12.3 Å². The highest BCUT2D eigenvalue weighted by Crippen LogP contribution is 2.39. The van der Waals surface area contributed by atoms with Crippen molar-refractivity contribution < 1.29 is 9.90 Å². The lowest BCUT2D eigenvalue weighted by atomic mass is 9.71. The average molecular weight is 354 g/mol. The number of carbonyl (C=O) groups excluding carboxylic acids is 1. The smallest absolute Gasteiger partial charge is 0.252 e. The molecule has 1 aliphatic rings. The number of rotatable bonds is 3. The maximum absolute atomic E-state index is 12.2. The van der Waals surface area contributed by atoms with Gasteiger partial charge in [0.1, 0.15) is 0 Å². The van der Waals surface area contributed by atoms with Gasteiger partial charge in [-0.2, -0.15) is 0 Å². The van der Waals surface area contributed by atoms with Gasteiger partial charge in [-0.05, 0) is 71.6 Å². The summed E-state index contributed by atoms with van der Waals surface area (Å²) < 4.78 is 0.789. The minimum Gasteiger partial charge on any atom is -0.388 e. The predicted molar refractivity (Wildman–Crippen MR) is 88.4 cm³/mol. The number of hydrogen-bond donors (Lipinski definition) is 2. The van der Waals surface area contributed by atoms with Gasteiger partial charge in [-0.1, -0.05) is 19.9 Å². The lowest BCUT2D eigenvalue weighted by molar-refractivity contribution is -0.0233. The Morgan fingerprint density at radius 1 is 1.29 bits per heavy atom. The van der Waals surface area contributed by atoms with Gasteiger partial charge in [0.2, 0.25) is 0 Å². The van der Waals surface area contributed by atoms with Crippen LogP contribution in [0.15, 0.2) is 22.7 Å². The molecule has 0 atom stereocenters. The summed E-state index contributed by atoms with van der Waals surface area (Å²) in [5, 5.41) is 13.5. The number of aliphatic hydroxyl groups is 1. The van der Waals surface area contributed by atoms with Gasteiger partial charge in [0.25, 0.3) is 5.91 Å². The molecule has 1 aliphatic carbocycles. The van der Waals surface area contributed by atoms with E-state index in [1.54, 1.807) is 0 Å². The van der Waals surface area contributed by atoms with Crippen molar-refractivity contribution in [1.82, 2.24) is 5.32 Å². The van der Waals surface area contributed by atoms with Crippen molar-refractivity contribution in [2.24, 2.45) is 5.41 Å². The number of nitrogens with one attached hydrogen (secondary N) is 1. The van der Waals surface area contributed by atoms with Gasteiger partial charge in [-0.3, -0.25) is 4.79 Å². The van der Waals surface area contributed by atoms with Crippen molar-refractivity contribution in [3.8, 4) is 0 Å². The average Bonchev–Trinajstić information content (AvgIpc) is 2.40. The molecule has 2 N–H and O–H groups in total. The van der Waals surface area contributed by atoms with Crippen LogP contribution in [0.4, 0.5) is 0 Å². The summed E-state index contributed by atoms with van der Waals surface area (Å²) in [6.45, 7) is 6.77. The Kier molecular flexibility index (Phi) is 4.79. The van der Waals surface area contributed by atoms with E-state index in [4.69, 9.17) is 0 Å². The SMILES string of the molecule is Cc1ccc(C(=O)NCC2(O)CCC(C)(C)CC2)c(Br)c1. The summed E-state index contributed by atoms with van der Waals surface area (Å²) in [6.07, 6.45) is 3.48. The highest BCUT2D eigenvalue weighted by molar-refractivity contribution is 9.10. The molecule has 1 aromatic rings. The summed E-state index contributed by atoms with van der Waals surface area (Å²) in [6, 6.07) is 5.65. The third kappa shape index (κ3) is 4.30. The summed E-state index contributed by atoms with van der Waals surface area (Å²) in [5.74, 6) is -0.139. The Bertz CT molecular complexity index is 530. The van der Waals surface area contributed by atoms with Crippen LogP contribution in [-0.2, 0) is 0 Å². The molecule has 1 saturated carbocycles. The first-order valence-electron chi connectivity index (χ1n) is 7.48. The molecule has 0 spiro atoms. The third-order valence-electron chi connectivity index (χ3n) is 4.48. The monoisotopic (exact) mass is 353 g/mol.